The molecule has 15 heavy (non-hydrogen) atoms. The summed E-state index contributed by atoms with van der Waals surface area (Å²) in [6.45, 7) is 4.01. The number of hydrogen-bond donors (Lipinski definition) is 1. The van der Waals surface area contributed by atoms with Crippen LogP contribution in [0.2, 0.25) is 0 Å². The minimum Gasteiger partial charge on any atom is -0.384 e. The second-order valence-corrected chi connectivity index (χ2v) is 3.71. The normalized spacial score (nSPS) is 13.0. The molecular weight excluding hydrogens is 190 g/mol. The van der Waals surface area contributed by atoms with Crippen molar-refractivity contribution in [1.29, 1.82) is 0 Å². The van der Waals surface area contributed by atoms with E-state index in [1.54, 1.807) is 12.4 Å². The first-order valence-electron chi connectivity index (χ1n) is 4.88. The van der Waals surface area contributed by atoms with E-state index in [-0.39, 0.29) is 6.04 Å². The molecular formula is C10H15N5. The number of aromatic nitrogens is 4. The molecule has 0 spiro atoms. The van der Waals surface area contributed by atoms with Crippen molar-refractivity contribution in [3.8, 4) is 0 Å². The van der Waals surface area contributed by atoms with Crippen molar-refractivity contribution < 1.29 is 0 Å². The van der Waals surface area contributed by atoms with Crippen LogP contribution in [-0.2, 0) is 7.05 Å². The van der Waals surface area contributed by atoms with Gasteiger partial charge in [0.15, 0.2) is 0 Å². The van der Waals surface area contributed by atoms with Crippen LogP contribution in [-0.4, -0.2) is 19.6 Å². The fourth-order valence-corrected chi connectivity index (χ4v) is 1.69. The summed E-state index contributed by atoms with van der Waals surface area (Å²) in [6.07, 6.45) is 3.56. The highest BCUT2D eigenvalue weighted by molar-refractivity contribution is 5.38. The van der Waals surface area contributed by atoms with Gasteiger partial charge < -0.3 is 5.73 Å². The highest BCUT2D eigenvalue weighted by Crippen LogP contribution is 2.21. The summed E-state index contributed by atoms with van der Waals surface area (Å²) in [5.41, 5.74) is 8.02. The van der Waals surface area contributed by atoms with Crippen LogP contribution in [0.25, 0.3) is 0 Å². The van der Waals surface area contributed by atoms with E-state index in [0.717, 1.165) is 11.3 Å². The van der Waals surface area contributed by atoms with Crippen LogP contribution < -0.4 is 5.73 Å². The second kappa shape index (κ2) is 3.42. The zero-order chi connectivity index (χ0) is 11.0. The number of rotatable bonds is 2. The molecule has 2 N–H and O–H groups in total. The van der Waals surface area contributed by atoms with Crippen molar-refractivity contribution in [3.63, 3.8) is 0 Å². The lowest BCUT2D eigenvalue weighted by molar-refractivity contribution is 0.527. The van der Waals surface area contributed by atoms with Crippen LogP contribution >= 0.6 is 0 Å². The lowest BCUT2D eigenvalue weighted by Gasteiger charge is -2.14. The molecule has 5 nitrogen and oxygen atoms in total. The Hall–Kier alpha value is -1.78. The quantitative estimate of drug-likeness (QED) is 0.799. The van der Waals surface area contributed by atoms with Gasteiger partial charge in [0.1, 0.15) is 5.82 Å². The molecule has 5 heteroatoms. The fraction of sp³-hybridized carbons (Fsp3) is 0.400. The largest absolute Gasteiger partial charge is 0.384 e. The third-order valence-corrected chi connectivity index (χ3v) is 2.68. The number of aryl methyl sites for hydroxylation is 2. The lowest BCUT2D eigenvalue weighted by Crippen LogP contribution is -2.14. The molecule has 0 aliphatic rings. The van der Waals surface area contributed by atoms with Crippen LogP contribution in [0.1, 0.15) is 24.2 Å². The van der Waals surface area contributed by atoms with E-state index in [4.69, 9.17) is 5.73 Å². The molecule has 80 valence electrons. The van der Waals surface area contributed by atoms with E-state index < -0.39 is 0 Å². The molecule has 1 atom stereocenters. The summed E-state index contributed by atoms with van der Waals surface area (Å²) < 4.78 is 3.65. The van der Waals surface area contributed by atoms with Gasteiger partial charge in [-0.1, -0.05) is 0 Å². The number of nitrogens with two attached hydrogens (primary N) is 1. The van der Waals surface area contributed by atoms with Gasteiger partial charge in [0.05, 0.1) is 17.9 Å². The van der Waals surface area contributed by atoms with Crippen molar-refractivity contribution in [3.05, 3.63) is 29.7 Å². The van der Waals surface area contributed by atoms with Crippen molar-refractivity contribution >= 4 is 5.82 Å². The number of nitrogens with zero attached hydrogens (tertiary/aromatic N) is 4. The molecule has 0 bridgehead atoms. The molecule has 2 rings (SSSR count). The smallest absolute Gasteiger partial charge is 0.125 e. The summed E-state index contributed by atoms with van der Waals surface area (Å²) in [6, 6.07) is 2.08. The Kier molecular flexibility index (Phi) is 2.22. The van der Waals surface area contributed by atoms with Gasteiger partial charge in [-0.2, -0.15) is 10.2 Å². The van der Waals surface area contributed by atoms with Gasteiger partial charge >= 0.3 is 0 Å². The van der Waals surface area contributed by atoms with Crippen molar-refractivity contribution in [2.45, 2.75) is 19.9 Å². The molecule has 0 fully saturated rings. The fourth-order valence-electron chi connectivity index (χ4n) is 1.69. The average Bonchev–Trinajstić information content (AvgIpc) is 2.75. The molecule has 0 saturated carbocycles. The van der Waals surface area contributed by atoms with Crippen molar-refractivity contribution in [1.82, 2.24) is 19.6 Å². The zero-order valence-corrected chi connectivity index (χ0v) is 9.18. The van der Waals surface area contributed by atoms with Crippen LogP contribution in [0.5, 0.6) is 0 Å². The first-order valence-corrected chi connectivity index (χ1v) is 4.88. The van der Waals surface area contributed by atoms with E-state index >= 15 is 0 Å². The summed E-state index contributed by atoms with van der Waals surface area (Å²) in [7, 11) is 1.92. The molecule has 1 unspecified atom stereocenters. The average molecular weight is 205 g/mol. The highest BCUT2D eigenvalue weighted by atomic mass is 15.3. The summed E-state index contributed by atoms with van der Waals surface area (Å²) in [5, 5.41) is 8.40. The third-order valence-electron chi connectivity index (χ3n) is 2.68. The zero-order valence-electron chi connectivity index (χ0n) is 9.18. The van der Waals surface area contributed by atoms with Gasteiger partial charge in [-0.3, -0.25) is 4.68 Å². The Morgan fingerprint density at radius 2 is 2.13 bits per heavy atom. The third kappa shape index (κ3) is 1.49. The van der Waals surface area contributed by atoms with E-state index in [1.807, 2.05) is 29.4 Å². The van der Waals surface area contributed by atoms with E-state index in [0.29, 0.717) is 5.82 Å². The molecule has 2 aromatic heterocycles. The van der Waals surface area contributed by atoms with E-state index in [2.05, 4.69) is 17.1 Å². The maximum atomic E-state index is 5.93. The minimum absolute atomic E-state index is 0.103. The standard InChI is InChI=1S/C10H15N5/c1-7-6-13-15(10(7)11)8(2)9-4-5-12-14(9)3/h4-6,8H,11H2,1-3H3. The molecule has 0 amide bonds. The molecule has 0 aromatic carbocycles. The monoisotopic (exact) mass is 205 g/mol. The van der Waals surface area contributed by atoms with Crippen LogP contribution in [0.15, 0.2) is 18.5 Å². The first kappa shape index (κ1) is 9.76. The van der Waals surface area contributed by atoms with Gasteiger partial charge in [0.25, 0.3) is 0 Å². The Bertz CT molecular complexity index is 468. The predicted octanol–water partition coefficient (Wildman–Crippen LogP) is 1.12. The Morgan fingerprint density at radius 3 is 2.60 bits per heavy atom. The SMILES string of the molecule is Cc1cnn(C(C)c2ccnn2C)c1N. The molecule has 2 heterocycles. The number of hydrogen-bond acceptors (Lipinski definition) is 3. The van der Waals surface area contributed by atoms with Crippen molar-refractivity contribution in [2.24, 2.45) is 7.05 Å². The topological polar surface area (TPSA) is 61.7 Å². The Labute approximate surface area is 88.5 Å². The molecule has 0 aliphatic carbocycles. The predicted molar refractivity (Wildman–Crippen MR) is 58.4 cm³/mol. The van der Waals surface area contributed by atoms with Gasteiger partial charge in [-0.25, -0.2) is 4.68 Å². The van der Waals surface area contributed by atoms with Gasteiger partial charge in [-0.05, 0) is 19.9 Å². The highest BCUT2D eigenvalue weighted by Gasteiger charge is 2.15. The lowest BCUT2D eigenvalue weighted by atomic mass is 10.2. The van der Waals surface area contributed by atoms with E-state index in [1.165, 1.54) is 0 Å². The first-order chi connectivity index (χ1) is 7.11. The van der Waals surface area contributed by atoms with Crippen molar-refractivity contribution in [2.75, 3.05) is 5.73 Å². The second-order valence-electron chi connectivity index (χ2n) is 3.71. The van der Waals surface area contributed by atoms with Gasteiger partial charge in [-0.15, -0.1) is 0 Å². The summed E-state index contributed by atoms with van der Waals surface area (Å²) in [5.74, 6) is 0.712. The molecule has 0 saturated heterocycles. The minimum atomic E-state index is 0.103. The van der Waals surface area contributed by atoms with Crippen LogP contribution in [0, 0.1) is 6.92 Å². The molecule has 0 aliphatic heterocycles. The Morgan fingerprint density at radius 1 is 1.40 bits per heavy atom. The number of nitrogen functional groups attached to an aromatic ring is 1. The Balaban J connectivity index is 2.41. The molecule has 2 aromatic rings. The summed E-state index contributed by atoms with van der Waals surface area (Å²) in [4.78, 5) is 0. The molecule has 0 radical (unpaired) electrons. The summed E-state index contributed by atoms with van der Waals surface area (Å²) >= 11 is 0. The van der Waals surface area contributed by atoms with Crippen LogP contribution in [0.4, 0.5) is 5.82 Å². The van der Waals surface area contributed by atoms with Gasteiger partial charge in [0.2, 0.25) is 0 Å². The maximum absolute atomic E-state index is 5.93. The van der Waals surface area contributed by atoms with E-state index in [9.17, 15) is 0 Å². The maximum Gasteiger partial charge on any atom is 0.125 e. The van der Waals surface area contributed by atoms with Crippen LogP contribution in [0.3, 0.4) is 0 Å². The number of anilines is 1. The van der Waals surface area contributed by atoms with Gasteiger partial charge in [0, 0.05) is 18.8 Å².